The lowest BCUT2D eigenvalue weighted by atomic mass is 9.97. The molecular weight excluding hydrogens is 440 g/mol. The largest absolute Gasteiger partial charge is 0.355 e. The SMILES string of the molecule is Cc1cnn(C(C)(CNC(=O)c2cc(-c3ccc(F)cc3F)on2)c2cccc(Cl)n2)c1. The Morgan fingerprint density at radius 2 is 2.06 bits per heavy atom. The molecule has 1 amide bonds. The minimum absolute atomic E-state index is 0.00191. The van der Waals surface area contributed by atoms with Gasteiger partial charge in [0.1, 0.15) is 22.3 Å². The van der Waals surface area contributed by atoms with Crippen molar-refractivity contribution in [3.05, 3.63) is 88.6 Å². The van der Waals surface area contributed by atoms with Crippen molar-refractivity contribution in [1.29, 1.82) is 0 Å². The minimum Gasteiger partial charge on any atom is -0.355 e. The molecule has 0 bridgehead atoms. The number of hydrogen-bond acceptors (Lipinski definition) is 5. The number of carbonyl (C=O) groups excluding carboxylic acids is 1. The van der Waals surface area contributed by atoms with E-state index in [0.717, 1.165) is 17.7 Å². The van der Waals surface area contributed by atoms with Gasteiger partial charge < -0.3 is 9.84 Å². The van der Waals surface area contributed by atoms with Crippen LogP contribution >= 0.6 is 11.6 Å². The maximum absolute atomic E-state index is 14.0. The summed E-state index contributed by atoms with van der Waals surface area (Å²) >= 11 is 6.08. The van der Waals surface area contributed by atoms with E-state index < -0.39 is 23.1 Å². The van der Waals surface area contributed by atoms with Crippen LogP contribution in [0.25, 0.3) is 11.3 Å². The molecule has 7 nitrogen and oxygen atoms in total. The van der Waals surface area contributed by atoms with Crippen LogP contribution in [0, 0.1) is 18.6 Å². The van der Waals surface area contributed by atoms with Gasteiger partial charge in [0.15, 0.2) is 11.5 Å². The second-order valence-corrected chi connectivity index (χ2v) is 7.85. The topological polar surface area (TPSA) is 85.8 Å². The van der Waals surface area contributed by atoms with Crippen molar-refractivity contribution < 1.29 is 18.1 Å². The minimum atomic E-state index is -0.857. The van der Waals surface area contributed by atoms with Gasteiger partial charge in [-0.15, -0.1) is 0 Å². The highest BCUT2D eigenvalue weighted by atomic mass is 35.5. The Hall–Kier alpha value is -3.59. The molecule has 4 rings (SSSR count). The number of halogens is 3. The van der Waals surface area contributed by atoms with Crippen LogP contribution < -0.4 is 5.32 Å². The second-order valence-electron chi connectivity index (χ2n) is 7.46. The van der Waals surface area contributed by atoms with Crippen LogP contribution in [0.4, 0.5) is 8.78 Å². The first-order chi connectivity index (χ1) is 15.3. The van der Waals surface area contributed by atoms with Crippen molar-refractivity contribution in [3.8, 4) is 11.3 Å². The Balaban J connectivity index is 1.58. The van der Waals surface area contributed by atoms with Gasteiger partial charge in [-0.2, -0.15) is 5.10 Å². The van der Waals surface area contributed by atoms with Crippen molar-refractivity contribution >= 4 is 17.5 Å². The molecule has 1 aromatic carbocycles. The van der Waals surface area contributed by atoms with E-state index in [2.05, 4.69) is 20.6 Å². The van der Waals surface area contributed by atoms with Gasteiger partial charge in [-0.25, -0.2) is 13.8 Å². The highest BCUT2D eigenvalue weighted by Crippen LogP contribution is 2.26. The predicted octanol–water partition coefficient (Wildman–Crippen LogP) is 4.37. The smallest absolute Gasteiger partial charge is 0.273 e. The molecule has 1 atom stereocenters. The number of nitrogens with zero attached hydrogens (tertiary/aromatic N) is 4. The average Bonchev–Trinajstić information content (AvgIpc) is 3.41. The molecule has 10 heteroatoms. The summed E-state index contributed by atoms with van der Waals surface area (Å²) in [7, 11) is 0. The van der Waals surface area contributed by atoms with E-state index in [4.69, 9.17) is 16.1 Å². The van der Waals surface area contributed by atoms with Crippen molar-refractivity contribution in [1.82, 2.24) is 25.2 Å². The van der Waals surface area contributed by atoms with Gasteiger partial charge in [-0.1, -0.05) is 22.8 Å². The molecule has 0 aliphatic carbocycles. The summed E-state index contributed by atoms with van der Waals surface area (Å²) in [5.74, 6) is -2.07. The van der Waals surface area contributed by atoms with E-state index in [0.29, 0.717) is 10.8 Å². The third-order valence-electron chi connectivity index (χ3n) is 5.02. The Morgan fingerprint density at radius 3 is 2.75 bits per heavy atom. The highest BCUT2D eigenvalue weighted by molar-refractivity contribution is 6.29. The first-order valence-corrected chi connectivity index (χ1v) is 9.99. The number of benzene rings is 1. The Kier molecular flexibility index (Phi) is 5.75. The molecule has 164 valence electrons. The summed E-state index contributed by atoms with van der Waals surface area (Å²) in [5, 5.41) is 11.2. The zero-order valence-electron chi connectivity index (χ0n) is 17.1. The van der Waals surface area contributed by atoms with E-state index in [-0.39, 0.29) is 23.6 Å². The van der Waals surface area contributed by atoms with Gasteiger partial charge in [0.05, 0.1) is 17.5 Å². The summed E-state index contributed by atoms with van der Waals surface area (Å²) in [6, 6.07) is 9.55. The Labute approximate surface area is 187 Å². The molecule has 0 aliphatic rings. The first-order valence-electron chi connectivity index (χ1n) is 9.61. The molecule has 3 aromatic heterocycles. The summed E-state index contributed by atoms with van der Waals surface area (Å²) in [6.45, 7) is 3.87. The number of rotatable bonds is 6. The van der Waals surface area contributed by atoms with Crippen LogP contribution in [0.1, 0.15) is 28.7 Å². The molecule has 1 N–H and O–H groups in total. The first kappa shape index (κ1) is 21.6. The molecule has 3 heterocycles. The summed E-state index contributed by atoms with van der Waals surface area (Å²) in [6.07, 6.45) is 3.53. The molecule has 0 aliphatic heterocycles. The normalized spacial score (nSPS) is 13.0. The van der Waals surface area contributed by atoms with Crippen LogP contribution in [0.5, 0.6) is 0 Å². The van der Waals surface area contributed by atoms with Crippen molar-refractivity contribution in [2.24, 2.45) is 0 Å². The predicted molar refractivity (Wildman–Crippen MR) is 113 cm³/mol. The zero-order valence-corrected chi connectivity index (χ0v) is 17.9. The van der Waals surface area contributed by atoms with E-state index in [1.165, 1.54) is 12.1 Å². The number of pyridine rings is 1. The van der Waals surface area contributed by atoms with E-state index in [1.807, 2.05) is 20.0 Å². The second kappa shape index (κ2) is 8.51. The lowest BCUT2D eigenvalue weighted by Gasteiger charge is -2.30. The molecule has 32 heavy (non-hydrogen) atoms. The fraction of sp³-hybridized carbons (Fsp3) is 0.182. The van der Waals surface area contributed by atoms with Gasteiger partial charge >= 0.3 is 0 Å². The number of amides is 1. The number of aromatic nitrogens is 4. The summed E-state index contributed by atoms with van der Waals surface area (Å²) in [5.41, 5.74) is 0.624. The van der Waals surface area contributed by atoms with Crippen LogP contribution in [0.15, 0.2) is 59.4 Å². The molecule has 0 radical (unpaired) electrons. The fourth-order valence-electron chi connectivity index (χ4n) is 3.22. The van der Waals surface area contributed by atoms with Crippen LogP contribution in [0.2, 0.25) is 5.15 Å². The third-order valence-corrected chi connectivity index (χ3v) is 5.23. The maximum atomic E-state index is 14.0. The monoisotopic (exact) mass is 457 g/mol. The molecule has 0 spiro atoms. The summed E-state index contributed by atoms with van der Waals surface area (Å²) in [4.78, 5) is 17.1. The van der Waals surface area contributed by atoms with E-state index in [1.54, 1.807) is 29.1 Å². The Morgan fingerprint density at radius 1 is 1.25 bits per heavy atom. The van der Waals surface area contributed by atoms with Gasteiger partial charge in [-0.3, -0.25) is 9.48 Å². The quantitative estimate of drug-likeness (QED) is 0.435. The van der Waals surface area contributed by atoms with Gasteiger partial charge in [0, 0.05) is 24.9 Å². The zero-order chi connectivity index (χ0) is 22.9. The highest BCUT2D eigenvalue weighted by Gasteiger charge is 2.32. The molecule has 0 saturated heterocycles. The van der Waals surface area contributed by atoms with E-state index in [9.17, 15) is 13.6 Å². The van der Waals surface area contributed by atoms with Gasteiger partial charge in [0.25, 0.3) is 5.91 Å². The molecule has 0 saturated carbocycles. The lowest BCUT2D eigenvalue weighted by Crippen LogP contribution is -2.45. The average molecular weight is 458 g/mol. The maximum Gasteiger partial charge on any atom is 0.273 e. The van der Waals surface area contributed by atoms with Crippen molar-refractivity contribution in [2.45, 2.75) is 19.4 Å². The molecule has 0 fully saturated rings. The third kappa shape index (κ3) is 4.24. The summed E-state index contributed by atoms with van der Waals surface area (Å²) < 4.78 is 33.9. The Bertz CT molecular complexity index is 1290. The molecule has 1 unspecified atom stereocenters. The van der Waals surface area contributed by atoms with Crippen molar-refractivity contribution in [2.75, 3.05) is 6.54 Å². The van der Waals surface area contributed by atoms with Gasteiger partial charge in [-0.05, 0) is 43.7 Å². The molecular formula is C22H18ClF2N5O2. The van der Waals surface area contributed by atoms with Gasteiger partial charge in [0.2, 0.25) is 0 Å². The van der Waals surface area contributed by atoms with E-state index >= 15 is 0 Å². The number of nitrogens with one attached hydrogen (secondary N) is 1. The van der Waals surface area contributed by atoms with Crippen LogP contribution in [-0.4, -0.2) is 32.4 Å². The fourth-order valence-corrected chi connectivity index (χ4v) is 3.39. The van der Waals surface area contributed by atoms with Crippen LogP contribution in [-0.2, 0) is 5.54 Å². The van der Waals surface area contributed by atoms with Crippen molar-refractivity contribution in [3.63, 3.8) is 0 Å². The number of carbonyl (C=O) groups is 1. The lowest BCUT2D eigenvalue weighted by molar-refractivity contribution is 0.0930. The number of aryl methyl sites for hydroxylation is 1. The van der Waals surface area contributed by atoms with Crippen LogP contribution in [0.3, 0.4) is 0 Å². The molecule has 4 aromatic rings. The number of hydrogen-bond donors (Lipinski definition) is 1. The standard InChI is InChI=1S/C22H18ClF2N5O2/c1-13-10-27-30(11-13)22(2,19-4-3-5-20(23)28-19)12-26-21(31)17-9-18(32-29-17)15-7-6-14(24)8-16(15)25/h3-11H,12H2,1-2H3,(H,26,31).